The van der Waals surface area contributed by atoms with Crippen molar-refractivity contribution in [1.82, 2.24) is 9.88 Å². The monoisotopic (exact) mass is 314 g/mol. The van der Waals surface area contributed by atoms with Gasteiger partial charge in [0.1, 0.15) is 17.5 Å². The van der Waals surface area contributed by atoms with Crippen LogP contribution in [0.5, 0.6) is 0 Å². The lowest BCUT2D eigenvalue weighted by atomic mass is 9.96. The van der Waals surface area contributed by atoms with Crippen molar-refractivity contribution in [2.24, 2.45) is 5.92 Å². The summed E-state index contributed by atoms with van der Waals surface area (Å²) in [6.45, 7) is 2.95. The van der Waals surface area contributed by atoms with Gasteiger partial charge in [-0.15, -0.1) is 0 Å². The number of aliphatic hydroxyl groups is 1. The number of anilines is 1. The van der Waals surface area contributed by atoms with Crippen molar-refractivity contribution in [3.8, 4) is 6.07 Å². The molecule has 1 saturated heterocycles. The second kappa shape index (κ2) is 6.17. The van der Waals surface area contributed by atoms with Gasteiger partial charge >= 0.3 is 0 Å². The molecule has 1 aliphatic heterocycles. The number of rotatable bonds is 4. The molecule has 2 fully saturated rings. The fourth-order valence-corrected chi connectivity index (χ4v) is 3.12. The molecule has 2 heterocycles. The quantitative estimate of drug-likeness (QED) is 0.879. The van der Waals surface area contributed by atoms with Crippen molar-refractivity contribution >= 4 is 11.7 Å². The Balaban J connectivity index is 1.52. The van der Waals surface area contributed by atoms with E-state index in [2.05, 4.69) is 10.3 Å². The molecular weight excluding hydrogens is 292 g/mol. The van der Waals surface area contributed by atoms with E-state index in [1.807, 2.05) is 6.07 Å². The van der Waals surface area contributed by atoms with Crippen molar-refractivity contribution in [2.75, 3.05) is 18.4 Å². The third-order valence-corrected chi connectivity index (χ3v) is 4.83. The molecule has 1 unspecified atom stereocenters. The summed E-state index contributed by atoms with van der Waals surface area (Å²) in [4.78, 5) is 18.4. The number of nitriles is 1. The number of likely N-dealkylation sites (tertiary alicyclic amines) is 1. The smallest absolute Gasteiger partial charge is 0.254 e. The third kappa shape index (κ3) is 3.45. The average molecular weight is 314 g/mol. The zero-order chi connectivity index (χ0) is 16.4. The van der Waals surface area contributed by atoms with Gasteiger partial charge in [-0.2, -0.15) is 5.26 Å². The van der Waals surface area contributed by atoms with Crippen LogP contribution in [0, 0.1) is 17.2 Å². The third-order valence-electron chi connectivity index (χ3n) is 4.83. The van der Waals surface area contributed by atoms with Crippen LogP contribution in [0.15, 0.2) is 18.3 Å². The van der Waals surface area contributed by atoms with Crippen LogP contribution in [0.1, 0.15) is 38.2 Å². The highest BCUT2D eigenvalue weighted by Crippen LogP contribution is 2.40. The molecule has 2 aliphatic rings. The van der Waals surface area contributed by atoms with Gasteiger partial charge in [-0.25, -0.2) is 4.98 Å². The molecule has 23 heavy (non-hydrogen) atoms. The Kier molecular flexibility index (Phi) is 4.22. The lowest BCUT2D eigenvalue weighted by Gasteiger charge is -2.36. The Morgan fingerprint density at radius 1 is 1.39 bits per heavy atom. The Morgan fingerprint density at radius 3 is 2.61 bits per heavy atom. The second-order valence-corrected chi connectivity index (χ2v) is 6.68. The molecule has 0 radical (unpaired) electrons. The lowest BCUT2D eigenvalue weighted by molar-refractivity contribution is -0.152. The fourth-order valence-electron chi connectivity index (χ4n) is 3.12. The fraction of sp³-hybridized carbons (Fsp3) is 0.588. The maximum Gasteiger partial charge on any atom is 0.254 e. The standard InChI is InChI=1S/C17H22N4O2/c1-17(23,13-3-4-13)16(22)21-8-6-14(7-9-21)20-15-5-2-12(10-18)11-19-15/h2,5,11,13-14,23H,3-4,6-9H2,1H3,(H,19,20). The maximum absolute atomic E-state index is 12.4. The summed E-state index contributed by atoms with van der Waals surface area (Å²) in [6.07, 6.45) is 5.10. The molecule has 3 rings (SSSR count). The van der Waals surface area contributed by atoms with E-state index in [0.717, 1.165) is 31.5 Å². The number of piperidine rings is 1. The summed E-state index contributed by atoms with van der Waals surface area (Å²) in [5, 5.41) is 22.5. The van der Waals surface area contributed by atoms with E-state index in [0.29, 0.717) is 18.7 Å². The van der Waals surface area contributed by atoms with Gasteiger partial charge in [0.25, 0.3) is 5.91 Å². The number of carbonyl (C=O) groups is 1. The predicted octanol–water partition coefficient (Wildman–Crippen LogP) is 1.52. The van der Waals surface area contributed by atoms with E-state index in [9.17, 15) is 9.90 Å². The molecule has 1 amide bonds. The molecule has 1 saturated carbocycles. The first kappa shape index (κ1) is 15.8. The van der Waals surface area contributed by atoms with Crippen LogP contribution in [0.25, 0.3) is 0 Å². The van der Waals surface area contributed by atoms with Gasteiger partial charge in [0, 0.05) is 25.3 Å². The maximum atomic E-state index is 12.4. The normalized spacial score (nSPS) is 21.3. The summed E-state index contributed by atoms with van der Waals surface area (Å²) in [7, 11) is 0. The minimum Gasteiger partial charge on any atom is -0.380 e. The van der Waals surface area contributed by atoms with E-state index in [1.54, 1.807) is 30.2 Å². The van der Waals surface area contributed by atoms with Crippen LogP contribution < -0.4 is 5.32 Å². The second-order valence-electron chi connectivity index (χ2n) is 6.68. The number of nitrogens with zero attached hydrogens (tertiary/aromatic N) is 3. The number of hydrogen-bond acceptors (Lipinski definition) is 5. The van der Waals surface area contributed by atoms with Gasteiger partial charge in [0.15, 0.2) is 0 Å². The summed E-state index contributed by atoms with van der Waals surface area (Å²) in [6, 6.07) is 5.84. The van der Waals surface area contributed by atoms with E-state index >= 15 is 0 Å². The lowest BCUT2D eigenvalue weighted by Crippen LogP contribution is -2.52. The summed E-state index contributed by atoms with van der Waals surface area (Å²) >= 11 is 0. The zero-order valence-corrected chi connectivity index (χ0v) is 13.3. The molecular formula is C17H22N4O2. The molecule has 0 bridgehead atoms. The van der Waals surface area contributed by atoms with Gasteiger partial charge in [-0.1, -0.05) is 0 Å². The first-order valence-electron chi connectivity index (χ1n) is 8.15. The van der Waals surface area contributed by atoms with Crippen LogP contribution in [-0.2, 0) is 4.79 Å². The highest BCUT2D eigenvalue weighted by molar-refractivity contribution is 5.85. The Bertz CT molecular complexity index is 608. The highest BCUT2D eigenvalue weighted by atomic mass is 16.3. The number of nitrogens with one attached hydrogen (secondary N) is 1. The number of amides is 1. The van der Waals surface area contributed by atoms with E-state index in [4.69, 9.17) is 5.26 Å². The highest BCUT2D eigenvalue weighted by Gasteiger charge is 2.47. The van der Waals surface area contributed by atoms with Crippen molar-refractivity contribution in [2.45, 2.75) is 44.2 Å². The van der Waals surface area contributed by atoms with Crippen molar-refractivity contribution in [1.29, 1.82) is 5.26 Å². The molecule has 6 heteroatoms. The van der Waals surface area contributed by atoms with Gasteiger partial charge in [0.05, 0.1) is 5.56 Å². The molecule has 1 aromatic heterocycles. The Morgan fingerprint density at radius 2 is 2.09 bits per heavy atom. The van der Waals surface area contributed by atoms with Gasteiger partial charge in [-0.05, 0) is 50.7 Å². The van der Waals surface area contributed by atoms with Gasteiger partial charge in [0.2, 0.25) is 0 Å². The Hall–Kier alpha value is -2.13. The van der Waals surface area contributed by atoms with Gasteiger partial charge < -0.3 is 15.3 Å². The first-order valence-corrected chi connectivity index (χ1v) is 8.15. The topological polar surface area (TPSA) is 89.2 Å². The largest absolute Gasteiger partial charge is 0.380 e. The zero-order valence-electron chi connectivity index (χ0n) is 13.3. The van der Waals surface area contributed by atoms with Crippen LogP contribution >= 0.6 is 0 Å². The van der Waals surface area contributed by atoms with Crippen LogP contribution in [0.3, 0.4) is 0 Å². The molecule has 1 aliphatic carbocycles. The first-order chi connectivity index (χ1) is 11.0. The number of hydrogen-bond donors (Lipinski definition) is 2. The number of pyridine rings is 1. The molecule has 1 aromatic rings. The van der Waals surface area contributed by atoms with Crippen LogP contribution in [0.4, 0.5) is 5.82 Å². The van der Waals surface area contributed by atoms with Crippen molar-refractivity contribution in [3.05, 3.63) is 23.9 Å². The van der Waals surface area contributed by atoms with E-state index < -0.39 is 5.60 Å². The van der Waals surface area contributed by atoms with Crippen molar-refractivity contribution < 1.29 is 9.90 Å². The van der Waals surface area contributed by atoms with E-state index in [-0.39, 0.29) is 17.9 Å². The molecule has 0 aromatic carbocycles. The molecule has 122 valence electrons. The van der Waals surface area contributed by atoms with E-state index in [1.165, 1.54) is 0 Å². The summed E-state index contributed by atoms with van der Waals surface area (Å²) < 4.78 is 0. The molecule has 0 spiro atoms. The van der Waals surface area contributed by atoms with Crippen molar-refractivity contribution in [3.63, 3.8) is 0 Å². The minimum absolute atomic E-state index is 0.130. The number of aromatic nitrogens is 1. The summed E-state index contributed by atoms with van der Waals surface area (Å²) in [5.41, 5.74) is -0.659. The van der Waals surface area contributed by atoms with Crippen LogP contribution in [0.2, 0.25) is 0 Å². The molecule has 2 N–H and O–H groups in total. The van der Waals surface area contributed by atoms with Gasteiger partial charge in [-0.3, -0.25) is 4.79 Å². The number of carbonyl (C=O) groups excluding carboxylic acids is 1. The molecule has 1 atom stereocenters. The average Bonchev–Trinajstić information content (AvgIpc) is 3.41. The predicted molar refractivity (Wildman–Crippen MR) is 85.5 cm³/mol. The Labute approximate surface area is 136 Å². The summed E-state index contributed by atoms with van der Waals surface area (Å²) in [5.74, 6) is 0.752. The van der Waals surface area contributed by atoms with Crippen LogP contribution in [-0.4, -0.2) is 45.6 Å². The minimum atomic E-state index is -1.20. The SMILES string of the molecule is CC(O)(C(=O)N1CCC(Nc2ccc(C#N)cn2)CC1)C1CC1. The molecule has 6 nitrogen and oxygen atoms in total.